The standard InChI is InChI=1S/C19H30N6/c1-15-12-17(3)25(23-15)19-14-20-13-18(22-19)21-9-5-7-11-24-10-6-4-8-16(24)2/h12-14,16H,4-11H2,1-3H3,(H,21,22). The summed E-state index contributed by atoms with van der Waals surface area (Å²) in [5, 5.41) is 7.87. The molecule has 2 aromatic heterocycles. The molecule has 1 unspecified atom stereocenters. The number of nitrogens with zero attached hydrogens (tertiary/aromatic N) is 5. The van der Waals surface area contributed by atoms with Crippen LogP contribution in [0.4, 0.5) is 5.82 Å². The number of piperidine rings is 1. The molecule has 136 valence electrons. The zero-order valence-corrected chi connectivity index (χ0v) is 15.7. The van der Waals surface area contributed by atoms with E-state index >= 15 is 0 Å². The van der Waals surface area contributed by atoms with Gasteiger partial charge in [-0.15, -0.1) is 0 Å². The minimum atomic E-state index is 0.755. The molecule has 1 N–H and O–H groups in total. The summed E-state index contributed by atoms with van der Waals surface area (Å²) in [4.78, 5) is 11.6. The molecule has 6 nitrogen and oxygen atoms in total. The Hall–Kier alpha value is -1.95. The second kappa shape index (κ2) is 8.43. The zero-order chi connectivity index (χ0) is 17.6. The first-order chi connectivity index (χ1) is 12.1. The fourth-order valence-corrected chi connectivity index (χ4v) is 3.55. The van der Waals surface area contributed by atoms with Crippen LogP contribution in [-0.4, -0.2) is 50.3 Å². The quantitative estimate of drug-likeness (QED) is 0.782. The average Bonchev–Trinajstić information content (AvgIpc) is 2.95. The van der Waals surface area contributed by atoms with Crippen molar-refractivity contribution in [2.75, 3.05) is 25.0 Å². The van der Waals surface area contributed by atoms with Crippen molar-refractivity contribution in [3.8, 4) is 5.82 Å². The topological polar surface area (TPSA) is 58.9 Å². The fourth-order valence-electron chi connectivity index (χ4n) is 3.55. The van der Waals surface area contributed by atoms with Crippen LogP contribution in [0.15, 0.2) is 18.5 Å². The molecule has 6 heteroatoms. The van der Waals surface area contributed by atoms with Crippen LogP contribution >= 0.6 is 0 Å². The molecule has 0 amide bonds. The third kappa shape index (κ3) is 4.78. The Labute approximate surface area is 150 Å². The van der Waals surface area contributed by atoms with E-state index in [1.54, 1.807) is 12.4 Å². The van der Waals surface area contributed by atoms with Crippen molar-refractivity contribution in [2.24, 2.45) is 0 Å². The highest BCUT2D eigenvalue weighted by molar-refractivity contribution is 5.36. The Morgan fingerprint density at radius 2 is 2.08 bits per heavy atom. The smallest absolute Gasteiger partial charge is 0.174 e. The molecule has 1 aliphatic rings. The maximum atomic E-state index is 4.63. The van der Waals surface area contributed by atoms with Crippen LogP contribution in [0.3, 0.4) is 0 Å². The van der Waals surface area contributed by atoms with E-state index < -0.39 is 0 Å². The highest BCUT2D eigenvalue weighted by atomic mass is 15.3. The lowest BCUT2D eigenvalue weighted by Gasteiger charge is -2.33. The number of hydrogen-bond donors (Lipinski definition) is 1. The van der Waals surface area contributed by atoms with Crippen LogP contribution in [0.25, 0.3) is 5.82 Å². The summed E-state index contributed by atoms with van der Waals surface area (Å²) < 4.78 is 1.84. The van der Waals surface area contributed by atoms with E-state index in [4.69, 9.17) is 0 Å². The number of unbranched alkanes of at least 4 members (excludes halogenated alkanes) is 1. The molecule has 1 fully saturated rings. The van der Waals surface area contributed by atoms with Crippen molar-refractivity contribution in [3.63, 3.8) is 0 Å². The van der Waals surface area contributed by atoms with Gasteiger partial charge in [0.05, 0.1) is 18.1 Å². The van der Waals surface area contributed by atoms with E-state index in [2.05, 4.69) is 32.2 Å². The van der Waals surface area contributed by atoms with E-state index in [-0.39, 0.29) is 0 Å². The predicted octanol–water partition coefficient (Wildman–Crippen LogP) is 3.35. The van der Waals surface area contributed by atoms with Gasteiger partial charge in [0.15, 0.2) is 5.82 Å². The van der Waals surface area contributed by atoms with Crippen molar-refractivity contribution >= 4 is 5.82 Å². The molecule has 0 aromatic carbocycles. The minimum absolute atomic E-state index is 0.755. The molecule has 0 saturated carbocycles. The first-order valence-corrected chi connectivity index (χ1v) is 9.47. The summed E-state index contributed by atoms with van der Waals surface area (Å²) in [6, 6.07) is 2.80. The van der Waals surface area contributed by atoms with Gasteiger partial charge in [-0.1, -0.05) is 6.42 Å². The Morgan fingerprint density at radius 1 is 1.20 bits per heavy atom. The number of anilines is 1. The van der Waals surface area contributed by atoms with Gasteiger partial charge >= 0.3 is 0 Å². The van der Waals surface area contributed by atoms with E-state index in [0.717, 1.165) is 42.0 Å². The molecule has 1 atom stereocenters. The van der Waals surface area contributed by atoms with Gasteiger partial charge in [-0.3, -0.25) is 4.98 Å². The molecule has 3 heterocycles. The van der Waals surface area contributed by atoms with Gasteiger partial charge in [0.2, 0.25) is 0 Å². The molecule has 0 bridgehead atoms. The summed E-state index contributed by atoms with van der Waals surface area (Å²) in [6.45, 7) is 9.78. The molecule has 2 aromatic rings. The molecule has 25 heavy (non-hydrogen) atoms. The lowest BCUT2D eigenvalue weighted by atomic mass is 10.0. The van der Waals surface area contributed by atoms with Gasteiger partial charge in [-0.25, -0.2) is 9.67 Å². The van der Waals surface area contributed by atoms with Crippen molar-refractivity contribution in [1.29, 1.82) is 0 Å². The van der Waals surface area contributed by atoms with Crippen molar-refractivity contribution < 1.29 is 0 Å². The normalized spacial score (nSPS) is 18.4. The second-order valence-electron chi connectivity index (χ2n) is 7.12. The van der Waals surface area contributed by atoms with Crippen LogP contribution < -0.4 is 5.32 Å². The molecule has 0 radical (unpaired) electrons. The first kappa shape index (κ1) is 17.9. The summed E-state index contributed by atoms with van der Waals surface area (Å²) >= 11 is 0. The minimum Gasteiger partial charge on any atom is -0.369 e. The van der Waals surface area contributed by atoms with Crippen LogP contribution in [0.2, 0.25) is 0 Å². The molecule has 1 saturated heterocycles. The lowest BCUT2D eigenvalue weighted by molar-refractivity contribution is 0.158. The van der Waals surface area contributed by atoms with Crippen molar-refractivity contribution in [2.45, 2.75) is 58.9 Å². The highest BCUT2D eigenvalue weighted by Crippen LogP contribution is 2.17. The number of hydrogen-bond acceptors (Lipinski definition) is 5. The molecular formula is C19H30N6. The van der Waals surface area contributed by atoms with Crippen molar-refractivity contribution in [1.82, 2.24) is 24.6 Å². The number of nitrogens with one attached hydrogen (secondary N) is 1. The molecule has 0 spiro atoms. The Balaban J connectivity index is 1.46. The Bertz CT molecular complexity index is 680. The molecular weight excluding hydrogens is 312 g/mol. The molecule has 0 aliphatic carbocycles. The van der Waals surface area contributed by atoms with E-state index in [0.29, 0.717) is 0 Å². The maximum absolute atomic E-state index is 4.63. The summed E-state index contributed by atoms with van der Waals surface area (Å²) in [7, 11) is 0. The number of aromatic nitrogens is 4. The average molecular weight is 342 g/mol. The second-order valence-corrected chi connectivity index (χ2v) is 7.12. The van der Waals surface area contributed by atoms with Crippen LogP contribution in [0, 0.1) is 13.8 Å². The van der Waals surface area contributed by atoms with E-state index in [1.165, 1.54) is 38.8 Å². The third-order valence-corrected chi connectivity index (χ3v) is 4.97. The van der Waals surface area contributed by atoms with Gasteiger partial charge in [0.1, 0.15) is 5.82 Å². The number of likely N-dealkylation sites (tertiary alicyclic amines) is 1. The highest BCUT2D eigenvalue weighted by Gasteiger charge is 2.16. The Kier molecular flexibility index (Phi) is 6.02. The van der Waals surface area contributed by atoms with E-state index in [9.17, 15) is 0 Å². The van der Waals surface area contributed by atoms with Crippen LogP contribution in [0.1, 0.15) is 50.4 Å². The predicted molar refractivity (Wildman–Crippen MR) is 101 cm³/mol. The number of rotatable bonds is 7. The van der Waals surface area contributed by atoms with Crippen LogP contribution in [-0.2, 0) is 0 Å². The van der Waals surface area contributed by atoms with Crippen LogP contribution in [0.5, 0.6) is 0 Å². The molecule has 3 rings (SSSR count). The lowest BCUT2D eigenvalue weighted by Crippen LogP contribution is -2.38. The van der Waals surface area contributed by atoms with E-state index in [1.807, 2.05) is 24.6 Å². The van der Waals surface area contributed by atoms with Crippen molar-refractivity contribution in [3.05, 3.63) is 29.8 Å². The SMILES string of the molecule is Cc1cc(C)n(-c2cncc(NCCCCN3CCCCC3C)n2)n1. The summed E-state index contributed by atoms with van der Waals surface area (Å²) in [6.07, 6.45) is 10.0. The summed E-state index contributed by atoms with van der Waals surface area (Å²) in [5.74, 6) is 1.58. The zero-order valence-electron chi connectivity index (χ0n) is 15.7. The maximum Gasteiger partial charge on any atom is 0.174 e. The summed E-state index contributed by atoms with van der Waals surface area (Å²) in [5.41, 5.74) is 2.06. The molecule has 1 aliphatic heterocycles. The monoisotopic (exact) mass is 342 g/mol. The van der Waals surface area contributed by atoms with Gasteiger partial charge in [0.25, 0.3) is 0 Å². The Morgan fingerprint density at radius 3 is 2.84 bits per heavy atom. The largest absolute Gasteiger partial charge is 0.369 e. The third-order valence-electron chi connectivity index (χ3n) is 4.97. The number of aryl methyl sites for hydroxylation is 2. The fraction of sp³-hybridized carbons (Fsp3) is 0.632. The van der Waals surface area contributed by atoms with Gasteiger partial charge < -0.3 is 10.2 Å². The van der Waals surface area contributed by atoms with Gasteiger partial charge in [0, 0.05) is 18.3 Å². The van der Waals surface area contributed by atoms with Gasteiger partial charge in [-0.2, -0.15) is 5.10 Å². The van der Waals surface area contributed by atoms with Gasteiger partial charge in [-0.05, 0) is 65.6 Å². The first-order valence-electron chi connectivity index (χ1n) is 9.47.